The van der Waals surface area contributed by atoms with Gasteiger partial charge in [-0.2, -0.15) is 0 Å². The zero-order valence-corrected chi connectivity index (χ0v) is 7.00. The lowest BCUT2D eigenvalue weighted by Crippen LogP contribution is -2.09. The summed E-state index contributed by atoms with van der Waals surface area (Å²) in [6.45, 7) is 5.59. The van der Waals surface area contributed by atoms with Gasteiger partial charge in [0, 0.05) is 6.21 Å². The number of hydrogen-bond donors (Lipinski definition) is 1. The second-order valence-electron chi connectivity index (χ2n) is 2.33. The molecule has 0 aliphatic carbocycles. The van der Waals surface area contributed by atoms with Gasteiger partial charge in [-0.3, -0.25) is 0 Å². The molecule has 0 saturated heterocycles. The number of nitrogen functional groups attached to an aromatic ring is 1. The highest BCUT2D eigenvalue weighted by Crippen LogP contribution is 2.15. The van der Waals surface area contributed by atoms with Gasteiger partial charge in [-0.15, -0.1) is 0 Å². The summed E-state index contributed by atoms with van der Waals surface area (Å²) in [6, 6.07) is 0. The molecule has 0 aliphatic rings. The Morgan fingerprint density at radius 1 is 1.55 bits per heavy atom. The van der Waals surface area contributed by atoms with Gasteiger partial charge in [-0.05, 0) is 20.8 Å². The van der Waals surface area contributed by atoms with Gasteiger partial charge < -0.3 is 5.84 Å². The zero-order chi connectivity index (χ0) is 8.43. The minimum absolute atomic E-state index is 0.727. The van der Waals surface area contributed by atoms with E-state index in [1.54, 1.807) is 6.21 Å². The molecule has 0 saturated carbocycles. The van der Waals surface area contributed by atoms with E-state index >= 15 is 0 Å². The number of hydrogen-bond acceptors (Lipinski definition) is 3. The number of imidazole rings is 1. The van der Waals surface area contributed by atoms with Gasteiger partial charge >= 0.3 is 0 Å². The number of nitrogens with two attached hydrogens (primary N) is 1. The summed E-state index contributed by atoms with van der Waals surface area (Å²) in [4.78, 5) is 8.23. The molecule has 0 aliphatic heterocycles. The Hall–Kier alpha value is -1.32. The van der Waals surface area contributed by atoms with Crippen LogP contribution >= 0.6 is 0 Å². The number of rotatable bonds is 1. The molecule has 0 spiro atoms. The maximum Gasteiger partial charge on any atom is 0.173 e. The van der Waals surface area contributed by atoms with Gasteiger partial charge in [-0.25, -0.2) is 14.7 Å². The van der Waals surface area contributed by atoms with Crippen LogP contribution in [0.15, 0.2) is 4.99 Å². The molecule has 0 atom stereocenters. The molecular weight excluding hydrogens is 140 g/mol. The molecule has 1 heterocycles. The van der Waals surface area contributed by atoms with Crippen molar-refractivity contribution < 1.29 is 0 Å². The summed E-state index contributed by atoms with van der Waals surface area (Å²) in [5.41, 5.74) is 0.864. The molecule has 1 rings (SSSR count). The molecule has 0 amide bonds. The van der Waals surface area contributed by atoms with Crippen molar-refractivity contribution in [2.45, 2.75) is 20.8 Å². The van der Waals surface area contributed by atoms with Crippen LogP contribution in [0.2, 0.25) is 0 Å². The van der Waals surface area contributed by atoms with E-state index in [2.05, 4.69) is 9.98 Å². The van der Waals surface area contributed by atoms with Crippen LogP contribution < -0.4 is 5.84 Å². The monoisotopic (exact) mass is 152 g/mol. The summed E-state index contributed by atoms with van der Waals surface area (Å²) >= 11 is 0. The topological polar surface area (TPSA) is 56.2 Å². The lowest BCUT2D eigenvalue weighted by Gasteiger charge is -1.96. The Morgan fingerprint density at radius 2 is 2.18 bits per heavy atom. The highest BCUT2D eigenvalue weighted by atomic mass is 15.4. The molecule has 0 bridgehead atoms. The van der Waals surface area contributed by atoms with Crippen LogP contribution in [-0.2, 0) is 0 Å². The van der Waals surface area contributed by atoms with Crippen molar-refractivity contribution in [2.24, 2.45) is 4.99 Å². The van der Waals surface area contributed by atoms with Gasteiger partial charge in [0.1, 0.15) is 5.82 Å². The van der Waals surface area contributed by atoms with Crippen molar-refractivity contribution in [1.29, 1.82) is 0 Å². The maximum atomic E-state index is 5.63. The fourth-order valence-corrected chi connectivity index (χ4v) is 0.952. The first kappa shape index (κ1) is 7.78. The first-order chi connectivity index (χ1) is 5.16. The lowest BCUT2D eigenvalue weighted by molar-refractivity contribution is 0.927. The van der Waals surface area contributed by atoms with Gasteiger partial charge in [0.15, 0.2) is 5.82 Å². The minimum Gasteiger partial charge on any atom is -0.336 e. The second-order valence-corrected chi connectivity index (χ2v) is 2.33. The Morgan fingerprint density at radius 3 is 2.55 bits per heavy atom. The normalized spacial score (nSPS) is 11.2. The smallest absolute Gasteiger partial charge is 0.173 e. The molecule has 0 fully saturated rings. The molecule has 1 aromatic heterocycles. The van der Waals surface area contributed by atoms with Crippen LogP contribution in [0, 0.1) is 13.8 Å². The van der Waals surface area contributed by atoms with E-state index in [1.165, 1.54) is 4.68 Å². The number of aryl methyl sites for hydroxylation is 2. The van der Waals surface area contributed by atoms with Crippen molar-refractivity contribution >= 4 is 12.0 Å². The van der Waals surface area contributed by atoms with E-state index in [0.29, 0.717) is 0 Å². The van der Waals surface area contributed by atoms with Crippen LogP contribution in [0.25, 0.3) is 0 Å². The average molecular weight is 152 g/mol. The standard InChI is InChI=1S/C7H12N4/c1-4-9-7-5(2)10-6(3)11(7)8/h4H,8H2,1-3H3. The van der Waals surface area contributed by atoms with Crippen LogP contribution in [0.5, 0.6) is 0 Å². The molecule has 0 unspecified atom stereocenters. The van der Waals surface area contributed by atoms with Gasteiger partial charge in [0.25, 0.3) is 0 Å². The summed E-state index contributed by atoms with van der Waals surface area (Å²) in [5, 5.41) is 0. The molecule has 0 aromatic carbocycles. The summed E-state index contributed by atoms with van der Waals surface area (Å²) in [5.74, 6) is 7.14. The zero-order valence-electron chi connectivity index (χ0n) is 7.00. The number of nitrogens with zero attached hydrogens (tertiary/aromatic N) is 3. The predicted molar refractivity (Wildman–Crippen MR) is 45.7 cm³/mol. The number of aromatic nitrogens is 2. The Balaban J connectivity index is 3.22. The molecule has 4 nitrogen and oxygen atoms in total. The lowest BCUT2D eigenvalue weighted by atomic mass is 10.5. The highest BCUT2D eigenvalue weighted by Gasteiger charge is 2.05. The summed E-state index contributed by atoms with van der Waals surface area (Å²) in [7, 11) is 0. The maximum absolute atomic E-state index is 5.63. The van der Waals surface area contributed by atoms with E-state index in [-0.39, 0.29) is 0 Å². The molecule has 60 valence electrons. The van der Waals surface area contributed by atoms with Gasteiger partial charge in [0.2, 0.25) is 0 Å². The Kier molecular flexibility index (Phi) is 1.94. The average Bonchev–Trinajstić information content (AvgIpc) is 2.17. The number of aliphatic imine (C=N–C) groups is 1. The van der Waals surface area contributed by atoms with Gasteiger partial charge in [0.05, 0.1) is 5.69 Å². The molecular formula is C7H12N4. The van der Waals surface area contributed by atoms with Crippen molar-refractivity contribution in [1.82, 2.24) is 9.66 Å². The third-order valence-electron chi connectivity index (χ3n) is 1.48. The molecule has 11 heavy (non-hydrogen) atoms. The Labute approximate surface area is 65.7 Å². The first-order valence-corrected chi connectivity index (χ1v) is 3.46. The van der Waals surface area contributed by atoms with Crippen molar-refractivity contribution in [3.05, 3.63) is 11.5 Å². The molecule has 1 aromatic rings. The van der Waals surface area contributed by atoms with E-state index < -0.39 is 0 Å². The summed E-state index contributed by atoms with van der Waals surface area (Å²) < 4.78 is 1.48. The van der Waals surface area contributed by atoms with Crippen molar-refractivity contribution in [3.8, 4) is 0 Å². The SMILES string of the molecule is CC=Nc1c(C)nc(C)n1N. The fraction of sp³-hybridized carbons (Fsp3) is 0.429. The highest BCUT2D eigenvalue weighted by molar-refractivity contribution is 5.59. The minimum atomic E-state index is 0.727. The second kappa shape index (κ2) is 2.74. The quantitative estimate of drug-likeness (QED) is 0.481. The van der Waals surface area contributed by atoms with E-state index in [0.717, 1.165) is 17.3 Å². The fourth-order valence-electron chi connectivity index (χ4n) is 0.952. The third-order valence-corrected chi connectivity index (χ3v) is 1.48. The van der Waals surface area contributed by atoms with Crippen LogP contribution in [0.4, 0.5) is 5.82 Å². The van der Waals surface area contributed by atoms with E-state index in [9.17, 15) is 0 Å². The molecule has 2 N–H and O–H groups in total. The third kappa shape index (κ3) is 1.24. The largest absolute Gasteiger partial charge is 0.336 e. The van der Waals surface area contributed by atoms with E-state index in [1.807, 2.05) is 20.8 Å². The van der Waals surface area contributed by atoms with Crippen LogP contribution in [0.1, 0.15) is 18.4 Å². The molecule has 4 heteroatoms. The van der Waals surface area contributed by atoms with Gasteiger partial charge in [-0.1, -0.05) is 0 Å². The summed E-state index contributed by atoms with van der Waals surface area (Å²) in [6.07, 6.45) is 1.70. The predicted octanol–water partition coefficient (Wildman–Crippen LogP) is 0.936. The first-order valence-electron chi connectivity index (χ1n) is 3.46. The van der Waals surface area contributed by atoms with E-state index in [4.69, 9.17) is 5.84 Å². The Bertz CT molecular complexity index is 285. The van der Waals surface area contributed by atoms with Crippen LogP contribution in [-0.4, -0.2) is 15.9 Å². The van der Waals surface area contributed by atoms with Crippen molar-refractivity contribution in [2.75, 3.05) is 5.84 Å². The molecule has 0 radical (unpaired) electrons. The van der Waals surface area contributed by atoms with Crippen LogP contribution in [0.3, 0.4) is 0 Å². The van der Waals surface area contributed by atoms with Crippen molar-refractivity contribution in [3.63, 3.8) is 0 Å².